The number of methoxy groups -OCH3 is 1. The van der Waals surface area contributed by atoms with E-state index in [0.29, 0.717) is 5.69 Å². The van der Waals surface area contributed by atoms with Gasteiger partial charge in [0.15, 0.2) is 11.5 Å². The first kappa shape index (κ1) is 19.4. The van der Waals surface area contributed by atoms with E-state index in [4.69, 9.17) is 4.74 Å². The Morgan fingerprint density at radius 3 is 2.48 bits per heavy atom. The summed E-state index contributed by atoms with van der Waals surface area (Å²) in [6, 6.07) is 14.8. The number of benzene rings is 2. The van der Waals surface area contributed by atoms with Crippen molar-refractivity contribution in [3.63, 3.8) is 0 Å². The van der Waals surface area contributed by atoms with Crippen molar-refractivity contribution in [3.8, 4) is 11.5 Å². The summed E-state index contributed by atoms with van der Waals surface area (Å²) in [5.74, 6) is -0.260. The van der Waals surface area contributed by atoms with Crippen LogP contribution in [-0.4, -0.2) is 33.1 Å². The van der Waals surface area contributed by atoms with Gasteiger partial charge in [-0.05, 0) is 37.1 Å². The molecule has 1 heterocycles. The van der Waals surface area contributed by atoms with Crippen molar-refractivity contribution < 1.29 is 22.6 Å². The maximum Gasteiger partial charge on any atom is 0.573 e. The van der Waals surface area contributed by atoms with Crippen LogP contribution in [-0.2, 0) is 0 Å². The van der Waals surface area contributed by atoms with Crippen molar-refractivity contribution in [1.29, 1.82) is 0 Å². The summed E-state index contributed by atoms with van der Waals surface area (Å²) < 4.78 is 47.6. The number of hydrogen-bond donors (Lipinski definition) is 1. The Kier molecular flexibility index (Phi) is 5.79. The summed E-state index contributed by atoms with van der Waals surface area (Å²) in [4.78, 5) is 1.98. The molecule has 0 aliphatic carbocycles. The van der Waals surface area contributed by atoms with E-state index >= 15 is 0 Å². The molecule has 2 atom stereocenters. The number of alkyl halides is 3. The molecular formula is C20H23F3N2O2. The summed E-state index contributed by atoms with van der Waals surface area (Å²) in [6.07, 6.45) is -2.88. The molecule has 4 nitrogen and oxygen atoms in total. The molecule has 0 bridgehead atoms. The average molecular weight is 380 g/mol. The van der Waals surface area contributed by atoms with E-state index in [9.17, 15) is 13.2 Å². The highest BCUT2D eigenvalue weighted by Crippen LogP contribution is 2.42. The van der Waals surface area contributed by atoms with Gasteiger partial charge in [-0.1, -0.05) is 36.4 Å². The lowest BCUT2D eigenvalue weighted by Gasteiger charge is -2.40. The monoisotopic (exact) mass is 380 g/mol. The number of rotatable bonds is 5. The number of piperidine rings is 1. The number of para-hydroxylation sites is 1. The van der Waals surface area contributed by atoms with Gasteiger partial charge in [0.2, 0.25) is 0 Å². The van der Waals surface area contributed by atoms with Gasteiger partial charge in [0, 0.05) is 13.1 Å². The molecule has 0 amide bonds. The van der Waals surface area contributed by atoms with Crippen molar-refractivity contribution in [1.82, 2.24) is 5.32 Å². The molecule has 1 N–H and O–H groups in total. The van der Waals surface area contributed by atoms with E-state index in [1.54, 1.807) is 12.1 Å². The van der Waals surface area contributed by atoms with Crippen LogP contribution in [0.3, 0.4) is 0 Å². The maximum absolute atomic E-state index is 12.7. The number of ether oxygens (including phenoxy) is 2. The molecule has 3 rings (SSSR count). The molecule has 7 heteroatoms. The minimum absolute atomic E-state index is 0.0659. The first-order chi connectivity index (χ1) is 12.9. The first-order valence-electron chi connectivity index (χ1n) is 8.84. The number of anilines is 1. The molecule has 0 saturated carbocycles. The van der Waals surface area contributed by atoms with Crippen LogP contribution < -0.4 is 19.7 Å². The van der Waals surface area contributed by atoms with Crippen LogP contribution >= 0.6 is 0 Å². The maximum atomic E-state index is 12.7. The molecule has 1 aliphatic rings. The molecule has 1 fully saturated rings. The van der Waals surface area contributed by atoms with E-state index < -0.39 is 6.36 Å². The van der Waals surface area contributed by atoms with Gasteiger partial charge in [0.1, 0.15) is 0 Å². The van der Waals surface area contributed by atoms with Gasteiger partial charge >= 0.3 is 6.36 Å². The van der Waals surface area contributed by atoms with Crippen LogP contribution in [0, 0.1) is 0 Å². The quantitative estimate of drug-likeness (QED) is 0.827. The fourth-order valence-electron chi connectivity index (χ4n) is 3.66. The van der Waals surface area contributed by atoms with E-state index in [1.807, 2.05) is 30.1 Å². The van der Waals surface area contributed by atoms with Crippen LogP contribution in [0.15, 0.2) is 48.5 Å². The largest absolute Gasteiger partial charge is 0.573 e. The zero-order valence-corrected chi connectivity index (χ0v) is 15.3. The SMILES string of the molecule is COc1c(OC(F)(F)F)cccc1N(C)C1CCCNC1c1ccccc1. The predicted molar refractivity (Wildman–Crippen MR) is 98.3 cm³/mol. The lowest BCUT2D eigenvalue weighted by Crippen LogP contribution is -2.47. The van der Waals surface area contributed by atoms with Gasteiger partial charge < -0.3 is 19.7 Å². The molecular weight excluding hydrogens is 357 g/mol. The van der Waals surface area contributed by atoms with Crippen molar-refractivity contribution in [2.24, 2.45) is 0 Å². The van der Waals surface area contributed by atoms with E-state index in [-0.39, 0.29) is 23.6 Å². The highest BCUT2D eigenvalue weighted by Gasteiger charge is 2.35. The predicted octanol–water partition coefficient (Wildman–Crippen LogP) is 4.52. The molecule has 0 radical (unpaired) electrons. The molecule has 2 aromatic carbocycles. The van der Waals surface area contributed by atoms with Crippen LogP contribution in [0.4, 0.5) is 18.9 Å². The van der Waals surface area contributed by atoms with Crippen molar-refractivity contribution >= 4 is 5.69 Å². The number of nitrogens with zero attached hydrogens (tertiary/aromatic N) is 1. The standard InChI is InChI=1S/C20H23F3N2O2/c1-25(15-11-7-13-24-18(15)14-8-4-3-5-9-14)16-10-6-12-17(19(16)26-2)27-20(21,22)23/h3-6,8-10,12,15,18,24H,7,11,13H2,1-2H3. The van der Waals surface area contributed by atoms with E-state index in [0.717, 1.165) is 24.9 Å². The van der Waals surface area contributed by atoms with Crippen molar-refractivity contribution in [2.75, 3.05) is 25.6 Å². The second-order valence-electron chi connectivity index (χ2n) is 6.52. The average Bonchev–Trinajstić information content (AvgIpc) is 2.66. The van der Waals surface area contributed by atoms with Gasteiger partial charge in [-0.3, -0.25) is 0 Å². The van der Waals surface area contributed by atoms with Crippen LogP contribution in [0.1, 0.15) is 24.4 Å². The number of nitrogens with one attached hydrogen (secondary N) is 1. The van der Waals surface area contributed by atoms with Gasteiger partial charge in [-0.15, -0.1) is 13.2 Å². The highest BCUT2D eigenvalue weighted by atomic mass is 19.4. The second kappa shape index (κ2) is 8.08. The van der Waals surface area contributed by atoms with Gasteiger partial charge in [0.25, 0.3) is 0 Å². The summed E-state index contributed by atoms with van der Waals surface area (Å²) in [5.41, 5.74) is 1.71. The zero-order chi connectivity index (χ0) is 19.4. The molecule has 2 unspecified atom stereocenters. The van der Waals surface area contributed by atoms with Gasteiger partial charge in [-0.25, -0.2) is 0 Å². The third-order valence-electron chi connectivity index (χ3n) is 4.85. The third-order valence-corrected chi connectivity index (χ3v) is 4.85. The van der Waals surface area contributed by atoms with E-state index in [1.165, 1.54) is 13.2 Å². The smallest absolute Gasteiger partial charge is 0.491 e. The van der Waals surface area contributed by atoms with Crippen molar-refractivity contribution in [2.45, 2.75) is 31.3 Å². The number of likely N-dealkylation sites (N-methyl/N-ethyl adjacent to an activating group) is 1. The summed E-state index contributed by atoms with van der Waals surface area (Å²) in [6.45, 7) is 0.901. The fourth-order valence-corrected chi connectivity index (χ4v) is 3.66. The van der Waals surface area contributed by atoms with Gasteiger partial charge in [-0.2, -0.15) is 0 Å². The summed E-state index contributed by atoms with van der Waals surface area (Å²) in [7, 11) is 3.23. The number of hydrogen-bond acceptors (Lipinski definition) is 4. The Morgan fingerprint density at radius 1 is 1.07 bits per heavy atom. The Balaban J connectivity index is 1.94. The zero-order valence-electron chi connectivity index (χ0n) is 15.3. The fraction of sp³-hybridized carbons (Fsp3) is 0.400. The highest BCUT2D eigenvalue weighted by molar-refractivity contribution is 5.65. The van der Waals surface area contributed by atoms with Crippen LogP contribution in [0.25, 0.3) is 0 Å². The second-order valence-corrected chi connectivity index (χ2v) is 6.52. The topological polar surface area (TPSA) is 33.7 Å². The minimum atomic E-state index is -4.77. The molecule has 0 spiro atoms. The minimum Gasteiger partial charge on any atom is -0.491 e. The van der Waals surface area contributed by atoms with E-state index in [2.05, 4.69) is 22.2 Å². The van der Waals surface area contributed by atoms with Crippen LogP contribution in [0.2, 0.25) is 0 Å². The number of halogens is 3. The normalized spacial score (nSPS) is 20.2. The molecule has 2 aromatic rings. The Labute approximate surface area is 156 Å². The molecule has 146 valence electrons. The Morgan fingerprint density at radius 2 is 1.81 bits per heavy atom. The summed E-state index contributed by atoms with van der Waals surface area (Å²) in [5, 5.41) is 3.53. The first-order valence-corrected chi connectivity index (χ1v) is 8.84. The lowest BCUT2D eigenvalue weighted by atomic mass is 9.91. The molecule has 27 heavy (non-hydrogen) atoms. The third kappa shape index (κ3) is 4.47. The Hall–Kier alpha value is -2.41. The van der Waals surface area contributed by atoms with Crippen molar-refractivity contribution in [3.05, 3.63) is 54.1 Å². The molecule has 1 saturated heterocycles. The summed E-state index contributed by atoms with van der Waals surface area (Å²) >= 11 is 0. The lowest BCUT2D eigenvalue weighted by molar-refractivity contribution is -0.275. The molecule has 1 aliphatic heterocycles. The van der Waals surface area contributed by atoms with Gasteiger partial charge in [0.05, 0.1) is 18.8 Å². The molecule has 0 aromatic heterocycles. The Bertz CT molecular complexity index is 753. The van der Waals surface area contributed by atoms with Crippen LogP contribution in [0.5, 0.6) is 11.5 Å².